The lowest BCUT2D eigenvalue weighted by Crippen LogP contribution is -2.16. The molecule has 0 aliphatic rings. The molecule has 0 saturated carbocycles. The van der Waals surface area contributed by atoms with E-state index in [0.717, 1.165) is 16.7 Å². The van der Waals surface area contributed by atoms with E-state index in [0.29, 0.717) is 155 Å². The van der Waals surface area contributed by atoms with Crippen LogP contribution in [-0.4, -0.2) is 88.8 Å². The Bertz CT molecular complexity index is 3830. The Hall–Kier alpha value is -11.0. The zero-order valence-electron chi connectivity index (χ0n) is 48.5. The third kappa shape index (κ3) is 11.8. The maximum absolute atomic E-state index is 12.4. The Morgan fingerprint density at radius 3 is 0.893 bits per heavy atom. The van der Waals surface area contributed by atoms with Crippen molar-refractivity contribution in [2.24, 2.45) is 17.2 Å². The average molecular weight is 1130 g/mol. The van der Waals surface area contributed by atoms with Gasteiger partial charge < -0.3 is 45.6 Å². The molecule has 0 saturated heterocycles. The first kappa shape index (κ1) is 60.7. The molecule has 6 aromatic heterocycles. The molecule has 9 rings (SSSR count). The number of aryl methyl sites for hydroxylation is 6. The van der Waals surface area contributed by atoms with E-state index in [9.17, 15) is 30.2 Å². The molecule has 9 aromatic rings. The minimum absolute atomic E-state index is 0.267. The molecule has 0 radical (unpaired) electrons. The van der Waals surface area contributed by atoms with E-state index in [-0.39, 0.29) is 16.7 Å². The maximum Gasteiger partial charge on any atom is 0.251 e. The van der Waals surface area contributed by atoms with Crippen molar-refractivity contribution in [3.05, 3.63) is 140 Å². The number of carbonyl (C=O) groups is 3. The van der Waals surface area contributed by atoms with Crippen LogP contribution < -0.4 is 45.6 Å². The third-order valence-corrected chi connectivity index (χ3v) is 13.4. The lowest BCUT2D eigenvalue weighted by Gasteiger charge is -2.18. The van der Waals surface area contributed by atoms with Crippen molar-refractivity contribution in [3.8, 4) is 86.5 Å². The van der Waals surface area contributed by atoms with Gasteiger partial charge in [0.15, 0.2) is 0 Å². The van der Waals surface area contributed by atoms with Crippen LogP contribution in [-0.2, 0) is 0 Å². The molecule has 0 bridgehead atoms. The van der Waals surface area contributed by atoms with Crippen molar-refractivity contribution < 1.29 is 42.8 Å². The van der Waals surface area contributed by atoms with Gasteiger partial charge in [0.25, 0.3) is 17.7 Å². The predicted octanol–water partition coefficient (Wildman–Crippen LogP) is 9.87. The number of fused-ring (bicyclic) bond motifs is 3. The summed E-state index contributed by atoms with van der Waals surface area (Å²) in [4.78, 5) is 64.1. The van der Waals surface area contributed by atoms with Gasteiger partial charge in [-0.2, -0.15) is 15.8 Å². The Balaban J connectivity index is 0.000000181. The highest BCUT2D eigenvalue weighted by atomic mass is 16.5. The highest BCUT2D eigenvalue weighted by Crippen LogP contribution is 2.46. The van der Waals surface area contributed by atoms with Crippen LogP contribution in [0, 0.1) is 75.5 Å². The molecular formula is C63H60N12O9. The molecule has 84 heavy (non-hydrogen) atoms. The number of hydrogen-bond donors (Lipinski definition) is 3. The van der Waals surface area contributed by atoms with Crippen LogP contribution >= 0.6 is 0 Å². The average Bonchev–Trinajstić information content (AvgIpc) is 1.08. The van der Waals surface area contributed by atoms with Crippen LogP contribution in [0.1, 0.15) is 102 Å². The smallest absolute Gasteiger partial charge is 0.251 e. The minimum atomic E-state index is -0.614. The highest BCUT2D eigenvalue weighted by Gasteiger charge is 2.29. The molecule has 3 aromatic carbocycles. The van der Waals surface area contributed by atoms with Gasteiger partial charge in [0.1, 0.15) is 17.2 Å². The number of amides is 3. The SMILES string of the molecule is CCOc1ncc(C)c2nc(C)c(C(N)=O)c(-c3ccc(C#N)cc3OC)c12.CCOc1ncc(C)c2nc(C)c(C(N)=O)c(-c3ccc(C#N)cc3OC)c12.CCOc1ncc(C)c2nc(C)c(C(N)=O)c(-c3ccc(C#N)cc3OC)c12. The Morgan fingerprint density at radius 2 is 0.690 bits per heavy atom. The van der Waals surface area contributed by atoms with Crippen molar-refractivity contribution in [1.82, 2.24) is 29.9 Å². The van der Waals surface area contributed by atoms with Crippen LogP contribution in [0.2, 0.25) is 0 Å². The Morgan fingerprint density at radius 1 is 0.440 bits per heavy atom. The predicted molar refractivity (Wildman–Crippen MR) is 316 cm³/mol. The monoisotopic (exact) mass is 1130 g/mol. The van der Waals surface area contributed by atoms with Gasteiger partial charge in [0.2, 0.25) is 17.6 Å². The summed E-state index contributed by atoms with van der Waals surface area (Å²) in [6.07, 6.45) is 5.05. The van der Waals surface area contributed by atoms with Gasteiger partial charge >= 0.3 is 0 Å². The molecule has 0 atom stereocenters. The molecule has 21 nitrogen and oxygen atoms in total. The highest BCUT2D eigenvalue weighted by molar-refractivity contribution is 6.14. The molecule has 0 aliphatic heterocycles. The molecule has 426 valence electrons. The van der Waals surface area contributed by atoms with E-state index < -0.39 is 17.7 Å². The summed E-state index contributed by atoms with van der Waals surface area (Å²) in [5, 5.41) is 29.4. The summed E-state index contributed by atoms with van der Waals surface area (Å²) in [7, 11) is 4.52. The summed E-state index contributed by atoms with van der Waals surface area (Å²) in [5.74, 6) is 0.567. The lowest BCUT2D eigenvalue weighted by molar-refractivity contribution is 0.0991. The van der Waals surface area contributed by atoms with Gasteiger partial charge in [-0.1, -0.05) is 0 Å². The largest absolute Gasteiger partial charge is 0.496 e. The van der Waals surface area contributed by atoms with Gasteiger partial charge in [0.05, 0.1) is 143 Å². The number of nitriles is 3. The van der Waals surface area contributed by atoms with Crippen LogP contribution in [0.5, 0.6) is 34.9 Å². The van der Waals surface area contributed by atoms with Crippen molar-refractivity contribution in [3.63, 3.8) is 0 Å². The molecule has 0 spiro atoms. The lowest BCUT2D eigenvalue weighted by atomic mass is 9.92. The van der Waals surface area contributed by atoms with Crippen LogP contribution in [0.3, 0.4) is 0 Å². The summed E-state index contributed by atoms with van der Waals surface area (Å²) in [6, 6.07) is 21.3. The van der Waals surface area contributed by atoms with Gasteiger partial charge in [-0.3, -0.25) is 29.3 Å². The molecule has 0 unspecified atom stereocenters. The van der Waals surface area contributed by atoms with Crippen LogP contribution in [0.4, 0.5) is 0 Å². The zero-order valence-corrected chi connectivity index (χ0v) is 48.5. The van der Waals surface area contributed by atoms with Gasteiger partial charge in [-0.15, -0.1) is 0 Å². The van der Waals surface area contributed by atoms with Crippen LogP contribution in [0.15, 0.2) is 73.2 Å². The number of ether oxygens (including phenoxy) is 6. The first-order valence-electron chi connectivity index (χ1n) is 26.2. The van der Waals surface area contributed by atoms with Gasteiger partial charge in [-0.05, 0) is 134 Å². The number of primary amides is 3. The fourth-order valence-corrected chi connectivity index (χ4v) is 9.79. The number of nitrogens with two attached hydrogens (primary N) is 3. The van der Waals surface area contributed by atoms with Crippen molar-refractivity contribution in [1.29, 1.82) is 15.8 Å². The molecule has 6 heterocycles. The van der Waals surface area contributed by atoms with Gasteiger partial charge in [-0.25, -0.2) is 15.0 Å². The van der Waals surface area contributed by atoms with Gasteiger partial charge in [0, 0.05) is 52.0 Å². The van der Waals surface area contributed by atoms with E-state index >= 15 is 0 Å². The second-order valence-electron chi connectivity index (χ2n) is 18.7. The normalized spacial score (nSPS) is 10.5. The third-order valence-electron chi connectivity index (χ3n) is 13.4. The molecule has 6 N–H and O–H groups in total. The Kier molecular flexibility index (Phi) is 18.8. The summed E-state index contributed by atoms with van der Waals surface area (Å²) >= 11 is 0. The first-order valence-corrected chi connectivity index (χ1v) is 26.2. The first-order chi connectivity index (χ1) is 40.3. The number of rotatable bonds is 15. The minimum Gasteiger partial charge on any atom is -0.496 e. The topological polar surface area (TPSA) is 333 Å². The van der Waals surface area contributed by atoms with Crippen molar-refractivity contribution in [2.75, 3.05) is 41.2 Å². The number of pyridine rings is 6. The van der Waals surface area contributed by atoms with E-state index in [1.54, 1.807) is 94.0 Å². The standard InChI is InChI=1S/3C21H20N4O3/c3*1-5-28-21-18-17(14-7-6-13(9-22)8-15(14)27-4)16(20(23)26)12(3)25-19(18)11(2)10-24-21/h3*6-8,10H,5H2,1-4H3,(H2,23,26). The number of nitrogens with zero attached hydrogens (tertiary/aromatic N) is 9. The zero-order chi connectivity index (χ0) is 61.3. The summed E-state index contributed by atoms with van der Waals surface area (Å²) < 4.78 is 33.7. The van der Waals surface area contributed by atoms with Crippen molar-refractivity contribution in [2.45, 2.75) is 62.3 Å². The summed E-state index contributed by atoms with van der Waals surface area (Å²) in [6.45, 7) is 17.6. The number of carbonyl (C=O) groups excluding carboxylic acids is 3. The number of benzene rings is 3. The molecule has 0 aliphatic carbocycles. The maximum atomic E-state index is 12.4. The fraction of sp³-hybridized carbons (Fsp3) is 0.238. The molecule has 3 amide bonds. The van der Waals surface area contributed by atoms with E-state index in [1.165, 1.54) is 21.3 Å². The molecule has 0 fully saturated rings. The quantitative estimate of drug-likeness (QED) is 0.0859. The number of hydrogen-bond acceptors (Lipinski definition) is 18. The van der Waals surface area contributed by atoms with Crippen molar-refractivity contribution >= 4 is 50.4 Å². The number of methoxy groups -OCH3 is 3. The second kappa shape index (κ2) is 26.1. The van der Waals surface area contributed by atoms with E-state index in [4.69, 9.17) is 45.6 Å². The number of aromatic nitrogens is 6. The molecule has 21 heteroatoms. The van der Waals surface area contributed by atoms with E-state index in [1.807, 2.05) is 41.5 Å². The summed E-state index contributed by atoms with van der Waals surface area (Å²) in [5.41, 5.74) is 28.7. The fourth-order valence-electron chi connectivity index (χ4n) is 9.79. The van der Waals surface area contributed by atoms with Crippen LogP contribution in [0.25, 0.3) is 66.1 Å². The van der Waals surface area contributed by atoms with E-state index in [2.05, 4.69) is 48.1 Å². The Labute approximate surface area is 484 Å². The molecular weight excluding hydrogens is 1070 g/mol. The second-order valence-corrected chi connectivity index (χ2v) is 18.7.